The molecule has 3 aromatic rings. The van der Waals surface area contributed by atoms with Gasteiger partial charge in [-0.1, -0.05) is 18.2 Å². The van der Waals surface area contributed by atoms with Crippen LogP contribution in [0.25, 0.3) is 16.9 Å². The van der Waals surface area contributed by atoms with Gasteiger partial charge in [0.1, 0.15) is 0 Å². The summed E-state index contributed by atoms with van der Waals surface area (Å²) < 4.78 is 21.3. The summed E-state index contributed by atoms with van der Waals surface area (Å²) in [5.74, 6) is -0.141. The first-order valence-corrected chi connectivity index (χ1v) is 10.0. The molecule has 2 aromatic carbocycles. The molecule has 1 amide bonds. The molecule has 0 unspecified atom stereocenters. The number of nitrogens with one attached hydrogen (secondary N) is 1. The molecular formula is C23H25FN4O2. The largest absolute Gasteiger partial charge is 0.494 e. The molecule has 156 valence electrons. The van der Waals surface area contributed by atoms with E-state index in [0.29, 0.717) is 31.6 Å². The Kier molecular flexibility index (Phi) is 5.81. The molecule has 1 fully saturated rings. The van der Waals surface area contributed by atoms with E-state index in [1.54, 1.807) is 6.07 Å². The van der Waals surface area contributed by atoms with Crippen LogP contribution in [0.2, 0.25) is 0 Å². The van der Waals surface area contributed by atoms with Gasteiger partial charge in [-0.2, -0.15) is 5.10 Å². The molecule has 30 heavy (non-hydrogen) atoms. The van der Waals surface area contributed by atoms with Crippen molar-refractivity contribution in [1.29, 1.82) is 0 Å². The van der Waals surface area contributed by atoms with Crippen molar-refractivity contribution in [2.75, 3.05) is 26.7 Å². The molecule has 1 N–H and O–H groups in total. The normalized spacial score (nSPS) is 15.0. The number of hydrogen-bond donors (Lipinski definition) is 1. The molecule has 0 atom stereocenters. The molecule has 4 rings (SSSR count). The van der Waals surface area contributed by atoms with Crippen LogP contribution in [-0.2, 0) is 11.3 Å². The lowest BCUT2D eigenvalue weighted by Crippen LogP contribution is -2.28. The van der Waals surface area contributed by atoms with Gasteiger partial charge in [0, 0.05) is 49.9 Å². The number of halogens is 1. The zero-order chi connectivity index (χ0) is 21.1. The predicted molar refractivity (Wildman–Crippen MR) is 113 cm³/mol. The lowest BCUT2D eigenvalue weighted by molar-refractivity contribution is -0.120. The van der Waals surface area contributed by atoms with E-state index in [4.69, 9.17) is 9.84 Å². The first-order valence-electron chi connectivity index (χ1n) is 10.0. The summed E-state index contributed by atoms with van der Waals surface area (Å²) >= 11 is 0. The van der Waals surface area contributed by atoms with E-state index in [0.717, 1.165) is 29.1 Å². The molecule has 2 heterocycles. The van der Waals surface area contributed by atoms with Crippen molar-refractivity contribution in [2.45, 2.75) is 19.9 Å². The second-order valence-corrected chi connectivity index (χ2v) is 7.46. The number of para-hydroxylation sites is 1. The van der Waals surface area contributed by atoms with Crippen LogP contribution in [0, 0.1) is 12.7 Å². The Morgan fingerprint density at radius 1 is 1.20 bits per heavy atom. The molecule has 6 nitrogen and oxygen atoms in total. The summed E-state index contributed by atoms with van der Waals surface area (Å²) in [7, 11) is 1.45. The van der Waals surface area contributed by atoms with Crippen LogP contribution in [0.3, 0.4) is 0 Å². The smallest absolute Gasteiger partial charge is 0.221 e. The van der Waals surface area contributed by atoms with E-state index in [1.165, 1.54) is 13.2 Å². The number of ether oxygens (including phenoxy) is 1. The molecule has 1 saturated heterocycles. The lowest BCUT2D eigenvalue weighted by Gasteiger charge is -2.18. The number of rotatable bonds is 5. The van der Waals surface area contributed by atoms with Gasteiger partial charge in [-0.25, -0.2) is 9.07 Å². The lowest BCUT2D eigenvalue weighted by atomic mass is 10.1. The van der Waals surface area contributed by atoms with Crippen molar-refractivity contribution in [3.05, 3.63) is 65.6 Å². The molecule has 0 saturated carbocycles. The fourth-order valence-electron chi connectivity index (χ4n) is 3.74. The second kappa shape index (κ2) is 8.67. The zero-order valence-electron chi connectivity index (χ0n) is 17.2. The molecule has 0 aliphatic carbocycles. The number of aryl methyl sites for hydroxylation is 1. The first-order chi connectivity index (χ1) is 14.5. The van der Waals surface area contributed by atoms with Crippen LogP contribution in [-0.4, -0.2) is 47.3 Å². The average molecular weight is 408 g/mol. The third kappa shape index (κ3) is 4.21. The number of benzene rings is 2. The molecule has 0 radical (unpaired) electrons. The van der Waals surface area contributed by atoms with Crippen LogP contribution < -0.4 is 10.1 Å². The van der Waals surface area contributed by atoms with Crippen LogP contribution in [0.1, 0.15) is 17.5 Å². The van der Waals surface area contributed by atoms with Gasteiger partial charge < -0.3 is 10.1 Å². The SMILES string of the molecule is COc1ccc(-c2nn(-c3ccccc3C)cc2CN2CCNC(=O)CC2)cc1F. The summed E-state index contributed by atoms with van der Waals surface area (Å²) in [5.41, 5.74) is 4.48. The maximum Gasteiger partial charge on any atom is 0.221 e. The van der Waals surface area contributed by atoms with Crippen molar-refractivity contribution >= 4 is 5.91 Å². The Morgan fingerprint density at radius 2 is 2.03 bits per heavy atom. The van der Waals surface area contributed by atoms with Crippen molar-refractivity contribution in [3.8, 4) is 22.7 Å². The monoisotopic (exact) mass is 408 g/mol. The predicted octanol–water partition coefficient (Wildman–Crippen LogP) is 3.32. The average Bonchev–Trinajstić information content (AvgIpc) is 3.04. The van der Waals surface area contributed by atoms with Gasteiger partial charge in [0.2, 0.25) is 5.91 Å². The third-order valence-electron chi connectivity index (χ3n) is 5.38. The molecule has 0 bridgehead atoms. The highest BCUT2D eigenvalue weighted by atomic mass is 19.1. The second-order valence-electron chi connectivity index (χ2n) is 7.46. The van der Waals surface area contributed by atoms with Gasteiger partial charge in [0.25, 0.3) is 0 Å². The fraction of sp³-hybridized carbons (Fsp3) is 0.304. The van der Waals surface area contributed by atoms with Gasteiger partial charge in [-0.3, -0.25) is 9.69 Å². The number of hydrogen-bond acceptors (Lipinski definition) is 4. The van der Waals surface area contributed by atoms with E-state index in [-0.39, 0.29) is 11.7 Å². The summed E-state index contributed by atoms with van der Waals surface area (Å²) in [6.07, 6.45) is 2.47. The maximum absolute atomic E-state index is 14.4. The number of nitrogens with zero attached hydrogens (tertiary/aromatic N) is 3. The van der Waals surface area contributed by atoms with Crippen LogP contribution >= 0.6 is 0 Å². The Balaban J connectivity index is 1.74. The number of methoxy groups -OCH3 is 1. The topological polar surface area (TPSA) is 59.4 Å². The Bertz CT molecular complexity index is 1060. The van der Waals surface area contributed by atoms with Crippen molar-refractivity contribution in [3.63, 3.8) is 0 Å². The highest BCUT2D eigenvalue weighted by Gasteiger charge is 2.19. The number of carbonyl (C=O) groups is 1. The molecule has 1 aliphatic heterocycles. The Hall–Kier alpha value is -3.19. The van der Waals surface area contributed by atoms with Gasteiger partial charge in [-0.05, 0) is 36.8 Å². The minimum atomic E-state index is -0.420. The summed E-state index contributed by atoms with van der Waals surface area (Å²) in [6, 6.07) is 12.9. The zero-order valence-corrected chi connectivity index (χ0v) is 17.2. The van der Waals surface area contributed by atoms with Gasteiger partial charge >= 0.3 is 0 Å². The van der Waals surface area contributed by atoms with Gasteiger partial charge in [0.05, 0.1) is 18.5 Å². The summed E-state index contributed by atoms with van der Waals surface area (Å²) in [5, 5.41) is 7.71. The molecule has 1 aliphatic rings. The molecule has 0 spiro atoms. The van der Waals surface area contributed by atoms with Crippen molar-refractivity contribution in [1.82, 2.24) is 20.0 Å². The van der Waals surface area contributed by atoms with Gasteiger partial charge in [0.15, 0.2) is 11.6 Å². The fourth-order valence-corrected chi connectivity index (χ4v) is 3.74. The third-order valence-corrected chi connectivity index (χ3v) is 5.38. The minimum Gasteiger partial charge on any atom is -0.494 e. The number of amides is 1. The van der Waals surface area contributed by atoms with E-state index in [1.807, 2.05) is 48.1 Å². The van der Waals surface area contributed by atoms with E-state index < -0.39 is 5.82 Å². The van der Waals surface area contributed by atoms with E-state index in [2.05, 4.69) is 10.2 Å². The van der Waals surface area contributed by atoms with Crippen LogP contribution in [0.15, 0.2) is 48.7 Å². The molecule has 7 heteroatoms. The standard InChI is InChI=1S/C23H25FN4O2/c1-16-5-3-4-6-20(16)28-15-18(14-27-11-9-22(29)25-10-12-27)23(26-28)17-7-8-21(30-2)19(24)13-17/h3-8,13,15H,9-12,14H2,1-2H3,(H,25,29). The van der Waals surface area contributed by atoms with Gasteiger partial charge in [-0.15, -0.1) is 0 Å². The van der Waals surface area contributed by atoms with Crippen LogP contribution in [0.5, 0.6) is 5.75 Å². The first kappa shape index (κ1) is 20.1. The van der Waals surface area contributed by atoms with E-state index in [9.17, 15) is 9.18 Å². The summed E-state index contributed by atoms with van der Waals surface area (Å²) in [4.78, 5) is 13.9. The van der Waals surface area contributed by atoms with Crippen molar-refractivity contribution in [2.24, 2.45) is 0 Å². The minimum absolute atomic E-state index is 0.0746. The highest BCUT2D eigenvalue weighted by Crippen LogP contribution is 2.29. The maximum atomic E-state index is 14.4. The Labute approximate surface area is 175 Å². The molecular weight excluding hydrogens is 383 g/mol. The quantitative estimate of drug-likeness (QED) is 0.704. The van der Waals surface area contributed by atoms with Crippen molar-refractivity contribution < 1.29 is 13.9 Å². The summed E-state index contributed by atoms with van der Waals surface area (Å²) in [6.45, 7) is 4.73. The Morgan fingerprint density at radius 3 is 2.80 bits per heavy atom. The van der Waals surface area contributed by atoms with E-state index >= 15 is 0 Å². The number of carbonyl (C=O) groups excluding carboxylic acids is 1. The number of aromatic nitrogens is 2. The molecule has 1 aromatic heterocycles. The van der Waals surface area contributed by atoms with Crippen LogP contribution in [0.4, 0.5) is 4.39 Å². The highest BCUT2D eigenvalue weighted by molar-refractivity contribution is 5.76.